The van der Waals surface area contributed by atoms with E-state index < -0.39 is 4.92 Å². The van der Waals surface area contributed by atoms with Crippen LogP contribution in [0.25, 0.3) is 0 Å². The molecule has 0 aliphatic carbocycles. The molecule has 2 rings (SSSR count). The number of rotatable bonds is 4. The van der Waals surface area contributed by atoms with E-state index in [1.54, 1.807) is 12.1 Å². The molecule has 0 radical (unpaired) electrons. The predicted molar refractivity (Wildman–Crippen MR) is 91.8 cm³/mol. The number of hydrogen-bond acceptors (Lipinski definition) is 4. The summed E-state index contributed by atoms with van der Waals surface area (Å²) < 4.78 is 0.678. The summed E-state index contributed by atoms with van der Waals surface area (Å²) in [6.45, 7) is 2.03. The molecule has 0 unspecified atom stereocenters. The highest BCUT2D eigenvalue weighted by molar-refractivity contribution is 8.22. The van der Waals surface area contributed by atoms with Crippen LogP contribution in [0.15, 0.2) is 48.5 Å². The van der Waals surface area contributed by atoms with E-state index in [0.717, 1.165) is 11.3 Å². The summed E-state index contributed by atoms with van der Waals surface area (Å²) in [5, 5.41) is 13.7. The molecule has 6 heteroatoms. The van der Waals surface area contributed by atoms with Crippen molar-refractivity contribution in [3.8, 4) is 0 Å². The third-order valence-electron chi connectivity index (χ3n) is 2.82. The van der Waals surface area contributed by atoms with Gasteiger partial charge in [0, 0.05) is 23.6 Å². The second kappa shape index (κ2) is 7.19. The Kier molecular flexibility index (Phi) is 5.30. The van der Waals surface area contributed by atoms with Crippen molar-refractivity contribution in [3.05, 3.63) is 69.8 Å². The van der Waals surface area contributed by atoms with Crippen LogP contribution in [0, 0.1) is 17.0 Å². The summed E-state index contributed by atoms with van der Waals surface area (Å²) in [4.78, 5) is 10.2. The van der Waals surface area contributed by atoms with Crippen LogP contribution in [0.3, 0.4) is 0 Å². The molecular weight excluding hydrogens is 304 g/mol. The van der Waals surface area contributed by atoms with Gasteiger partial charge in [0.15, 0.2) is 0 Å². The number of benzene rings is 2. The first-order chi connectivity index (χ1) is 10.0. The zero-order chi connectivity index (χ0) is 15.2. The van der Waals surface area contributed by atoms with Crippen LogP contribution < -0.4 is 5.32 Å². The van der Waals surface area contributed by atoms with Gasteiger partial charge in [-0.1, -0.05) is 53.8 Å². The van der Waals surface area contributed by atoms with E-state index in [0.29, 0.717) is 10.1 Å². The molecule has 0 bridgehead atoms. The molecule has 0 spiro atoms. The molecule has 108 valence electrons. The standard InChI is InChI=1S/C15H14N2O2S2/c1-11-2-6-13(7-3-11)16-15(20)21-10-12-4-8-14(9-5-12)17(18)19/h2-9H,10H2,1H3,(H,16,20). The molecule has 0 atom stereocenters. The number of aryl methyl sites for hydroxylation is 1. The molecule has 0 aliphatic rings. The molecule has 0 aromatic heterocycles. The number of nitro groups is 1. The number of nitro benzene ring substituents is 1. The maximum absolute atomic E-state index is 10.6. The van der Waals surface area contributed by atoms with Crippen LogP contribution >= 0.6 is 24.0 Å². The van der Waals surface area contributed by atoms with Crippen LogP contribution in [0.4, 0.5) is 11.4 Å². The number of hydrogen-bond donors (Lipinski definition) is 1. The van der Waals surface area contributed by atoms with E-state index in [-0.39, 0.29) is 5.69 Å². The van der Waals surface area contributed by atoms with Gasteiger partial charge >= 0.3 is 0 Å². The van der Waals surface area contributed by atoms with Crippen LogP contribution in [0.2, 0.25) is 0 Å². The van der Waals surface area contributed by atoms with Gasteiger partial charge in [0.1, 0.15) is 4.32 Å². The normalized spacial score (nSPS) is 10.1. The summed E-state index contributed by atoms with van der Waals surface area (Å²) in [6.07, 6.45) is 0. The monoisotopic (exact) mass is 318 g/mol. The second-order valence-electron chi connectivity index (χ2n) is 4.49. The van der Waals surface area contributed by atoms with Gasteiger partial charge < -0.3 is 5.32 Å². The van der Waals surface area contributed by atoms with Crippen molar-refractivity contribution in [1.29, 1.82) is 0 Å². The van der Waals surface area contributed by atoms with Crippen molar-refractivity contribution in [3.63, 3.8) is 0 Å². The van der Waals surface area contributed by atoms with Gasteiger partial charge in [-0.3, -0.25) is 10.1 Å². The van der Waals surface area contributed by atoms with Crippen molar-refractivity contribution >= 4 is 39.7 Å². The van der Waals surface area contributed by atoms with Crippen molar-refractivity contribution in [2.75, 3.05) is 5.32 Å². The zero-order valence-corrected chi connectivity index (χ0v) is 13.0. The second-order valence-corrected chi connectivity index (χ2v) is 6.14. The molecule has 0 saturated heterocycles. The summed E-state index contributed by atoms with van der Waals surface area (Å²) >= 11 is 6.77. The molecule has 4 nitrogen and oxygen atoms in total. The minimum atomic E-state index is -0.402. The number of thiocarbonyl (C=S) groups is 1. The van der Waals surface area contributed by atoms with E-state index in [4.69, 9.17) is 12.2 Å². The largest absolute Gasteiger partial charge is 0.341 e. The average Bonchev–Trinajstić information content (AvgIpc) is 2.48. The molecular formula is C15H14N2O2S2. The Labute approximate surface area is 132 Å². The Morgan fingerprint density at radius 2 is 1.81 bits per heavy atom. The van der Waals surface area contributed by atoms with Crippen molar-refractivity contribution in [1.82, 2.24) is 0 Å². The van der Waals surface area contributed by atoms with Crippen molar-refractivity contribution in [2.24, 2.45) is 0 Å². The SMILES string of the molecule is Cc1ccc(NC(=S)SCc2ccc([N+](=O)[O-])cc2)cc1. The third kappa shape index (κ3) is 4.84. The fourth-order valence-electron chi connectivity index (χ4n) is 1.65. The molecule has 2 aromatic rings. The molecule has 1 N–H and O–H groups in total. The van der Waals surface area contributed by atoms with E-state index in [2.05, 4.69) is 5.32 Å². The Hall–Kier alpha value is -1.92. The maximum Gasteiger partial charge on any atom is 0.269 e. The van der Waals surface area contributed by atoms with E-state index in [9.17, 15) is 10.1 Å². The van der Waals surface area contributed by atoms with Gasteiger partial charge in [0.05, 0.1) is 4.92 Å². The Bertz CT molecular complexity index is 640. The van der Waals surface area contributed by atoms with E-state index in [1.807, 2.05) is 31.2 Å². The smallest absolute Gasteiger partial charge is 0.269 e. The Morgan fingerprint density at radius 3 is 2.38 bits per heavy atom. The topological polar surface area (TPSA) is 55.2 Å². The van der Waals surface area contributed by atoms with Gasteiger partial charge in [-0.05, 0) is 24.6 Å². The molecule has 2 aromatic carbocycles. The highest BCUT2D eigenvalue weighted by Crippen LogP contribution is 2.19. The first-order valence-corrected chi connectivity index (χ1v) is 7.68. The van der Waals surface area contributed by atoms with Gasteiger partial charge in [0.2, 0.25) is 0 Å². The molecule has 0 saturated carbocycles. The highest BCUT2D eigenvalue weighted by Gasteiger charge is 2.05. The summed E-state index contributed by atoms with van der Waals surface area (Å²) in [5.74, 6) is 0.676. The van der Waals surface area contributed by atoms with Gasteiger partial charge in [-0.15, -0.1) is 0 Å². The first kappa shape index (κ1) is 15.5. The highest BCUT2D eigenvalue weighted by atomic mass is 32.2. The summed E-state index contributed by atoms with van der Waals surface area (Å²) in [5.41, 5.74) is 3.26. The van der Waals surface area contributed by atoms with Gasteiger partial charge in [0.25, 0.3) is 5.69 Å². The minimum absolute atomic E-state index is 0.101. The summed E-state index contributed by atoms with van der Waals surface area (Å²) in [6, 6.07) is 14.5. The van der Waals surface area contributed by atoms with Gasteiger partial charge in [-0.2, -0.15) is 0 Å². The lowest BCUT2D eigenvalue weighted by atomic mass is 10.2. The van der Waals surface area contributed by atoms with E-state index >= 15 is 0 Å². The van der Waals surface area contributed by atoms with Crippen molar-refractivity contribution < 1.29 is 4.92 Å². The Balaban J connectivity index is 1.86. The minimum Gasteiger partial charge on any atom is -0.341 e. The molecule has 0 heterocycles. The van der Waals surface area contributed by atoms with Crippen LogP contribution in [0.1, 0.15) is 11.1 Å². The predicted octanol–water partition coefficient (Wildman–Crippen LogP) is 4.53. The quantitative estimate of drug-likeness (QED) is 0.510. The van der Waals surface area contributed by atoms with Crippen LogP contribution in [-0.4, -0.2) is 9.24 Å². The van der Waals surface area contributed by atoms with Crippen LogP contribution in [0.5, 0.6) is 0 Å². The fourth-order valence-corrected chi connectivity index (χ4v) is 2.63. The molecule has 0 fully saturated rings. The maximum atomic E-state index is 10.6. The lowest BCUT2D eigenvalue weighted by Crippen LogP contribution is -2.04. The lowest BCUT2D eigenvalue weighted by Gasteiger charge is -2.07. The Morgan fingerprint density at radius 1 is 1.19 bits per heavy atom. The van der Waals surface area contributed by atoms with Crippen molar-refractivity contribution in [2.45, 2.75) is 12.7 Å². The fraction of sp³-hybridized carbons (Fsp3) is 0.133. The number of nitrogens with one attached hydrogen (secondary N) is 1. The molecule has 0 amide bonds. The number of anilines is 1. The molecule has 21 heavy (non-hydrogen) atoms. The average molecular weight is 318 g/mol. The zero-order valence-electron chi connectivity index (χ0n) is 11.4. The number of non-ortho nitro benzene ring substituents is 1. The summed E-state index contributed by atoms with van der Waals surface area (Å²) in [7, 11) is 0. The van der Waals surface area contributed by atoms with Crippen LogP contribution in [-0.2, 0) is 5.75 Å². The van der Waals surface area contributed by atoms with Gasteiger partial charge in [-0.25, -0.2) is 0 Å². The number of thioether (sulfide) groups is 1. The number of nitrogens with zero attached hydrogens (tertiary/aromatic N) is 1. The lowest BCUT2D eigenvalue weighted by molar-refractivity contribution is -0.384. The van der Waals surface area contributed by atoms with E-state index in [1.165, 1.54) is 29.5 Å². The first-order valence-electron chi connectivity index (χ1n) is 6.28. The third-order valence-corrected chi connectivity index (χ3v) is 4.11. The molecule has 0 aliphatic heterocycles.